The lowest BCUT2D eigenvalue weighted by Crippen LogP contribution is -2.55. The van der Waals surface area contributed by atoms with Gasteiger partial charge in [-0.1, -0.05) is 18.2 Å². The molecule has 0 radical (unpaired) electrons. The number of nitrogens with one attached hydrogen (secondary N) is 1. The quantitative estimate of drug-likeness (QED) is 0.370. The van der Waals surface area contributed by atoms with Crippen LogP contribution < -0.4 is 11.1 Å². The van der Waals surface area contributed by atoms with Gasteiger partial charge in [-0.3, -0.25) is 9.48 Å². The van der Waals surface area contributed by atoms with E-state index >= 15 is 0 Å². The molecule has 0 atom stereocenters. The topological polar surface area (TPSA) is 122 Å². The second kappa shape index (κ2) is 10.0. The Balaban J connectivity index is 1.44. The van der Waals surface area contributed by atoms with E-state index in [1.165, 1.54) is 6.33 Å². The fourth-order valence-corrected chi connectivity index (χ4v) is 5.94. The number of alkyl halides is 2. The Hall–Kier alpha value is -3.90. The van der Waals surface area contributed by atoms with Crippen molar-refractivity contribution in [2.24, 2.45) is 0 Å². The zero-order chi connectivity index (χ0) is 27.1. The molecule has 204 valence electrons. The van der Waals surface area contributed by atoms with Crippen LogP contribution in [-0.4, -0.2) is 63.3 Å². The van der Waals surface area contributed by atoms with Crippen LogP contribution in [-0.2, 0) is 19.7 Å². The molecule has 1 aromatic carbocycles. The molecule has 1 aliphatic heterocycles. The van der Waals surface area contributed by atoms with Crippen molar-refractivity contribution in [2.75, 3.05) is 26.0 Å². The molecule has 3 aromatic heterocycles. The van der Waals surface area contributed by atoms with Crippen LogP contribution in [0.25, 0.3) is 28.0 Å². The van der Waals surface area contributed by atoms with E-state index < -0.39 is 18.1 Å². The first-order valence-electron chi connectivity index (χ1n) is 12.9. The molecule has 0 spiro atoms. The summed E-state index contributed by atoms with van der Waals surface area (Å²) >= 11 is 0. The Kier molecular flexibility index (Phi) is 6.51. The molecular formula is C27H29F2N7O3. The highest BCUT2D eigenvalue weighted by molar-refractivity contribution is 5.92. The average Bonchev–Trinajstić information content (AvgIpc) is 3.56. The van der Waals surface area contributed by atoms with Crippen LogP contribution in [0.1, 0.15) is 37.3 Å². The monoisotopic (exact) mass is 537 g/mol. The number of fused-ring (bicyclic) bond motifs is 1. The Bertz CT molecular complexity index is 1510. The number of rotatable bonds is 7. The van der Waals surface area contributed by atoms with Crippen molar-refractivity contribution in [3.8, 4) is 22.5 Å². The Labute approximate surface area is 223 Å². The van der Waals surface area contributed by atoms with E-state index in [4.69, 9.17) is 10.5 Å². The van der Waals surface area contributed by atoms with Crippen LogP contribution in [0, 0.1) is 0 Å². The van der Waals surface area contributed by atoms with Crippen LogP contribution in [0.5, 0.6) is 0 Å². The Morgan fingerprint density at radius 1 is 1.18 bits per heavy atom. The molecular weight excluding hydrogens is 508 g/mol. The second-order valence-corrected chi connectivity index (χ2v) is 10.0. The highest BCUT2D eigenvalue weighted by Crippen LogP contribution is 2.47. The molecule has 6 rings (SSSR count). The maximum Gasteiger partial charge on any atom is 0.345 e. The van der Waals surface area contributed by atoms with Gasteiger partial charge in [-0.05, 0) is 49.4 Å². The van der Waals surface area contributed by atoms with Crippen molar-refractivity contribution in [2.45, 2.75) is 49.9 Å². The summed E-state index contributed by atoms with van der Waals surface area (Å²) in [5.41, 5.74) is 10.1. The summed E-state index contributed by atoms with van der Waals surface area (Å²) < 4.78 is 39.6. The van der Waals surface area contributed by atoms with Gasteiger partial charge in [-0.2, -0.15) is 19.0 Å². The molecule has 3 N–H and O–H groups in total. The minimum atomic E-state index is -2.88. The van der Waals surface area contributed by atoms with Gasteiger partial charge in [-0.15, -0.1) is 0 Å². The van der Waals surface area contributed by atoms with Crippen molar-refractivity contribution in [3.63, 3.8) is 0 Å². The SMILES string of the molecule is CNC(=O)[C@]1(c2cccc(-c3cc(-c4ccnn4C4CCOCC4)c4c(N)ncnn34)c2)C[C@H](OC(F)F)C1. The molecule has 1 saturated carbocycles. The number of ether oxygens (including phenoxy) is 2. The molecule has 1 aliphatic carbocycles. The van der Waals surface area contributed by atoms with E-state index in [-0.39, 0.29) is 24.8 Å². The van der Waals surface area contributed by atoms with Crippen molar-refractivity contribution >= 4 is 17.2 Å². The number of amides is 1. The number of hydrogen-bond donors (Lipinski definition) is 2. The summed E-state index contributed by atoms with van der Waals surface area (Å²) in [4.78, 5) is 17.2. The molecule has 1 amide bonds. The first-order valence-corrected chi connectivity index (χ1v) is 12.9. The third-order valence-corrected chi connectivity index (χ3v) is 7.89. The molecule has 39 heavy (non-hydrogen) atoms. The highest BCUT2D eigenvalue weighted by Gasteiger charge is 2.52. The lowest BCUT2D eigenvalue weighted by atomic mass is 9.61. The summed E-state index contributed by atoms with van der Waals surface area (Å²) in [6.45, 7) is -1.52. The van der Waals surface area contributed by atoms with Gasteiger partial charge in [0.15, 0.2) is 5.82 Å². The van der Waals surface area contributed by atoms with Gasteiger partial charge in [-0.25, -0.2) is 9.50 Å². The van der Waals surface area contributed by atoms with E-state index in [2.05, 4.69) is 25.2 Å². The molecule has 2 aliphatic rings. The fourth-order valence-electron chi connectivity index (χ4n) is 5.94. The van der Waals surface area contributed by atoms with E-state index in [9.17, 15) is 13.6 Å². The van der Waals surface area contributed by atoms with Gasteiger partial charge in [0.25, 0.3) is 0 Å². The number of halogens is 2. The van der Waals surface area contributed by atoms with Crippen LogP contribution in [0.3, 0.4) is 0 Å². The first kappa shape index (κ1) is 25.4. The van der Waals surface area contributed by atoms with Gasteiger partial charge in [0.2, 0.25) is 5.91 Å². The largest absolute Gasteiger partial charge is 0.382 e. The number of nitrogens with zero attached hydrogens (tertiary/aromatic N) is 5. The number of aromatic nitrogens is 5. The number of anilines is 1. The van der Waals surface area contributed by atoms with Gasteiger partial charge in [0, 0.05) is 37.6 Å². The van der Waals surface area contributed by atoms with E-state index in [1.54, 1.807) is 17.8 Å². The predicted octanol–water partition coefficient (Wildman–Crippen LogP) is 3.58. The Morgan fingerprint density at radius 2 is 1.97 bits per heavy atom. The molecule has 1 saturated heterocycles. The summed E-state index contributed by atoms with van der Waals surface area (Å²) in [5.74, 6) is 0.0938. The number of nitrogens with two attached hydrogens (primary N) is 1. The van der Waals surface area contributed by atoms with Crippen LogP contribution >= 0.6 is 0 Å². The van der Waals surface area contributed by atoms with Crippen molar-refractivity contribution in [1.29, 1.82) is 0 Å². The average molecular weight is 538 g/mol. The molecule has 0 bridgehead atoms. The minimum Gasteiger partial charge on any atom is -0.382 e. The summed E-state index contributed by atoms with van der Waals surface area (Å²) in [5, 5.41) is 11.8. The lowest BCUT2D eigenvalue weighted by Gasteiger charge is -2.46. The van der Waals surface area contributed by atoms with E-state index in [1.807, 2.05) is 41.1 Å². The maximum atomic E-state index is 13.0. The molecule has 12 heteroatoms. The Morgan fingerprint density at radius 3 is 2.72 bits per heavy atom. The molecule has 2 fully saturated rings. The zero-order valence-corrected chi connectivity index (χ0v) is 21.4. The highest BCUT2D eigenvalue weighted by atomic mass is 19.3. The number of benzene rings is 1. The van der Waals surface area contributed by atoms with Crippen LogP contribution in [0.2, 0.25) is 0 Å². The van der Waals surface area contributed by atoms with E-state index in [0.717, 1.165) is 40.9 Å². The van der Waals surface area contributed by atoms with Crippen molar-refractivity contribution in [1.82, 2.24) is 29.7 Å². The first-order chi connectivity index (χ1) is 18.9. The van der Waals surface area contributed by atoms with Gasteiger partial charge >= 0.3 is 6.61 Å². The second-order valence-electron chi connectivity index (χ2n) is 10.0. The smallest absolute Gasteiger partial charge is 0.345 e. The van der Waals surface area contributed by atoms with E-state index in [0.29, 0.717) is 24.5 Å². The normalized spacial score (nSPS) is 21.8. The number of hydrogen-bond acceptors (Lipinski definition) is 7. The summed E-state index contributed by atoms with van der Waals surface area (Å²) in [7, 11) is 1.54. The lowest BCUT2D eigenvalue weighted by molar-refractivity contribution is -0.197. The predicted molar refractivity (Wildman–Crippen MR) is 139 cm³/mol. The number of nitrogen functional groups attached to an aromatic ring is 1. The number of carbonyl (C=O) groups excluding carboxylic acids is 1. The molecule has 10 nitrogen and oxygen atoms in total. The molecule has 0 unspecified atom stereocenters. The van der Waals surface area contributed by atoms with Crippen LogP contribution in [0.4, 0.5) is 14.6 Å². The number of carbonyl (C=O) groups is 1. The van der Waals surface area contributed by atoms with Gasteiger partial charge in [0.1, 0.15) is 11.8 Å². The zero-order valence-electron chi connectivity index (χ0n) is 21.4. The fraction of sp³-hybridized carbons (Fsp3) is 0.407. The van der Waals surface area contributed by atoms with Gasteiger partial charge < -0.3 is 20.5 Å². The number of likely N-dealkylation sites (N-methyl/N-ethyl adjacent to an activating group) is 1. The third-order valence-electron chi connectivity index (χ3n) is 7.89. The maximum absolute atomic E-state index is 13.0. The minimum absolute atomic E-state index is 0.167. The molecule has 4 heterocycles. The standard InChI is InChI=1S/C27H29F2N7O3/c1-31-25(37)27(13-19(14-27)39-26(28)29)17-4-2-3-16(11-17)22-12-20(23-24(30)32-15-34-36(22)23)21-5-8-33-35(21)18-6-9-38-10-7-18/h2-5,8,11-12,15,18-19,26H,6-7,9-10,13-14H2,1H3,(H,31,37)(H2,30,32,34)/t19-,27+. The summed E-state index contributed by atoms with van der Waals surface area (Å²) in [6, 6.07) is 11.7. The molecule has 4 aromatic rings. The third kappa shape index (κ3) is 4.33. The summed E-state index contributed by atoms with van der Waals surface area (Å²) in [6.07, 6.45) is 4.54. The van der Waals surface area contributed by atoms with Crippen molar-refractivity contribution in [3.05, 3.63) is 54.5 Å². The van der Waals surface area contributed by atoms with Crippen LogP contribution in [0.15, 0.2) is 48.9 Å². The van der Waals surface area contributed by atoms with Crippen molar-refractivity contribution < 1.29 is 23.0 Å². The van der Waals surface area contributed by atoms with Gasteiger partial charge in [0.05, 0.1) is 28.9 Å².